The van der Waals surface area contributed by atoms with Crippen LogP contribution in [0.5, 0.6) is 0 Å². The fourth-order valence-corrected chi connectivity index (χ4v) is 2.85. The molecule has 1 aromatic carbocycles. The van der Waals surface area contributed by atoms with Gasteiger partial charge >= 0.3 is 6.09 Å². The number of fused-ring (bicyclic) bond motifs is 2. The number of nitrogen functional groups attached to an aromatic ring is 1. The van der Waals surface area contributed by atoms with E-state index in [9.17, 15) is 9.59 Å². The van der Waals surface area contributed by atoms with Crippen molar-refractivity contribution >= 4 is 34.0 Å². The minimum absolute atomic E-state index is 0.136. The molecule has 1 unspecified atom stereocenters. The Balaban J connectivity index is 1.96. The molecular weight excluding hydrogens is 324 g/mol. The van der Waals surface area contributed by atoms with Crippen molar-refractivity contribution in [1.82, 2.24) is 15.8 Å². The first-order chi connectivity index (χ1) is 11.9. The van der Waals surface area contributed by atoms with Gasteiger partial charge in [0.2, 0.25) is 11.1 Å². The number of carbonyl (C=O) groups excluding carboxylic acids is 1. The smallest absolute Gasteiger partial charge is 0.427 e. The number of benzene rings is 1. The van der Waals surface area contributed by atoms with E-state index in [4.69, 9.17) is 10.2 Å². The Morgan fingerprint density at radius 1 is 1.20 bits per heavy atom. The molecule has 1 fully saturated rings. The quantitative estimate of drug-likeness (QED) is 0.612. The molecule has 2 aromatic heterocycles. The van der Waals surface area contributed by atoms with E-state index in [1.54, 1.807) is 12.1 Å². The zero-order valence-electron chi connectivity index (χ0n) is 13.6. The average molecular weight is 340 g/mol. The van der Waals surface area contributed by atoms with Gasteiger partial charge in [-0.25, -0.2) is 4.79 Å². The summed E-state index contributed by atoms with van der Waals surface area (Å²) >= 11 is 0. The van der Waals surface area contributed by atoms with Crippen LogP contribution in [0.2, 0.25) is 0 Å². The molecule has 1 aliphatic heterocycles. The molecule has 1 saturated heterocycles. The van der Waals surface area contributed by atoms with E-state index in [-0.39, 0.29) is 22.9 Å². The highest BCUT2D eigenvalue weighted by Crippen LogP contribution is 2.26. The van der Waals surface area contributed by atoms with Crippen molar-refractivity contribution in [2.75, 3.05) is 5.73 Å². The molecule has 1 aliphatic rings. The molecule has 8 heteroatoms. The van der Waals surface area contributed by atoms with E-state index >= 15 is 0 Å². The highest BCUT2D eigenvalue weighted by Gasteiger charge is 2.27. The number of nitrogens with one attached hydrogen (secondary N) is 2. The first-order valence-corrected chi connectivity index (χ1v) is 7.84. The van der Waals surface area contributed by atoms with Gasteiger partial charge in [-0.3, -0.25) is 10.1 Å². The molecule has 0 bridgehead atoms. The van der Waals surface area contributed by atoms with Crippen LogP contribution in [0.1, 0.15) is 37.1 Å². The van der Waals surface area contributed by atoms with Crippen LogP contribution in [-0.2, 0) is 4.84 Å². The zero-order chi connectivity index (χ0) is 17.7. The fraction of sp³-hybridized carbons (Fsp3) is 0.235. The van der Waals surface area contributed by atoms with Crippen molar-refractivity contribution in [2.45, 2.75) is 25.9 Å². The van der Waals surface area contributed by atoms with Crippen LogP contribution in [0.15, 0.2) is 33.5 Å². The maximum Gasteiger partial charge on any atom is 0.427 e. The number of carbonyl (C=O) groups is 1. The van der Waals surface area contributed by atoms with Crippen LogP contribution in [0, 0.1) is 0 Å². The van der Waals surface area contributed by atoms with E-state index in [1.807, 2.05) is 12.1 Å². The topological polar surface area (TPSA) is 119 Å². The second-order valence-electron chi connectivity index (χ2n) is 6.24. The lowest BCUT2D eigenvalue weighted by Gasteiger charge is -2.12. The number of aromatic nitrogens is 1. The second-order valence-corrected chi connectivity index (χ2v) is 6.24. The summed E-state index contributed by atoms with van der Waals surface area (Å²) in [6, 6.07) is 7.09. The van der Waals surface area contributed by atoms with Crippen LogP contribution in [0.4, 0.5) is 10.6 Å². The van der Waals surface area contributed by atoms with E-state index in [2.05, 4.69) is 34.5 Å². The molecule has 3 heterocycles. The van der Waals surface area contributed by atoms with Gasteiger partial charge < -0.3 is 15.0 Å². The third-order valence-electron chi connectivity index (χ3n) is 4.26. The molecule has 8 nitrogen and oxygen atoms in total. The van der Waals surface area contributed by atoms with Crippen molar-refractivity contribution in [3.63, 3.8) is 0 Å². The number of nitrogens with two attached hydrogens (primary N) is 1. The van der Waals surface area contributed by atoms with Crippen molar-refractivity contribution in [3.05, 3.63) is 45.6 Å². The van der Waals surface area contributed by atoms with Gasteiger partial charge in [0.1, 0.15) is 17.6 Å². The third kappa shape index (κ3) is 2.47. The first kappa shape index (κ1) is 15.4. The largest absolute Gasteiger partial charge is 0.437 e. The van der Waals surface area contributed by atoms with Crippen LogP contribution in [0.3, 0.4) is 0 Å². The van der Waals surface area contributed by atoms with Crippen LogP contribution < -0.4 is 22.0 Å². The highest BCUT2D eigenvalue weighted by molar-refractivity contribution is 5.89. The van der Waals surface area contributed by atoms with Crippen LogP contribution in [0.25, 0.3) is 22.1 Å². The summed E-state index contributed by atoms with van der Waals surface area (Å²) in [5.41, 5.74) is 10.3. The van der Waals surface area contributed by atoms with Crippen molar-refractivity contribution in [3.8, 4) is 0 Å². The van der Waals surface area contributed by atoms with Crippen molar-refractivity contribution in [2.24, 2.45) is 0 Å². The van der Waals surface area contributed by atoms with Crippen LogP contribution in [-0.4, -0.2) is 11.1 Å². The van der Waals surface area contributed by atoms with E-state index in [1.165, 1.54) is 0 Å². The minimum atomic E-state index is -0.679. The fourth-order valence-electron chi connectivity index (χ4n) is 2.85. The van der Waals surface area contributed by atoms with Gasteiger partial charge in [-0.05, 0) is 29.7 Å². The molecule has 25 heavy (non-hydrogen) atoms. The van der Waals surface area contributed by atoms with Crippen molar-refractivity contribution < 1.29 is 14.0 Å². The third-order valence-corrected chi connectivity index (χ3v) is 4.26. The summed E-state index contributed by atoms with van der Waals surface area (Å²) in [5, 5.41) is 3.31. The Bertz CT molecular complexity index is 1070. The maximum atomic E-state index is 12.9. The SMILES string of the molecule is CC(C)c1ccc2oc3nc(N)c(C4NOC(=O)N4)cc3c(=O)c2c1. The highest BCUT2D eigenvalue weighted by atomic mass is 16.7. The number of anilines is 1. The normalized spacial score (nSPS) is 17.2. The summed E-state index contributed by atoms with van der Waals surface area (Å²) in [7, 11) is 0. The molecule has 0 spiro atoms. The molecule has 1 amide bonds. The average Bonchev–Trinajstić information content (AvgIpc) is 3.00. The summed E-state index contributed by atoms with van der Waals surface area (Å²) in [5.74, 6) is 0.423. The number of hydroxylamine groups is 1. The molecule has 128 valence electrons. The van der Waals surface area contributed by atoms with E-state index in [0.717, 1.165) is 5.56 Å². The van der Waals surface area contributed by atoms with Gasteiger partial charge in [-0.2, -0.15) is 4.98 Å². The van der Waals surface area contributed by atoms with Crippen molar-refractivity contribution in [1.29, 1.82) is 0 Å². The Morgan fingerprint density at radius 3 is 2.68 bits per heavy atom. The number of amides is 1. The number of hydrogen-bond donors (Lipinski definition) is 3. The molecule has 0 radical (unpaired) electrons. The number of rotatable bonds is 2. The maximum absolute atomic E-state index is 12.9. The Labute approximate surface area is 141 Å². The van der Waals surface area contributed by atoms with Gasteiger partial charge in [0, 0.05) is 5.56 Å². The number of nitrogens with zero attached hydrogens (tertiary/aromatic N) is 1. The Kier molecular flexibility index (Phi) is 3.36. The minimum Gasteiger partial charge on any atom is -0.437 e. The predicted molar refractivity (Wildman–Crippen MR) is 91.8 cm³/mol. The molecule has 1 atom stereocenters. The van der Waals surface area contributed by atoms with Gasteiger partial charge in [0.05, 0.1) is 10.8 Å². The summed E-state index contributed by atoms with van der Waals surface area (Å²) < 4.78 is 5.75. The lowest BCUT2D eigenvalue weighted by Crippen LogP contribution is -2.24. The Morgan fingerprint density at radius 2 is 2.00 bits per heavy atom. The molecular formula is C17H16N4O4. The van der Waals surface area contributed by atoms with E-state index < -0.39 is 12.3 Å². The lowest BCUT2D eigenvalue weighted by atomic mass is 10.0. The predicted octanol–water partition coefficient (Wildman–Crippen LogP) is 2.29. The summed E-state index contributed by atoms with van der Waals surface area (Å²) in [6.45, 7) is 4.11. The molecule has 4 N–H and O–H groups in total. The zero-order valence-corrected chi connectivity index (χ0v) is 13.6. The number of hydrogen-bond acceptors (Lipinski definition) is 7. The standard InChI is InChI=1S/C17H16N4O4/c1-7(2)8-3-4-12-9(5-8)13(22)10-6-11(14(18)19-16(10)24-12)15-20-17(23)25-21-15/h3-7,15,21H,1-2H3,(H2,18,19)(H,20,23). The molecule has 3 aromatic rings. The van der Waals surface area contributed by atoms with Gasteiger partial charge in [-0.15, -0.1) is 5.48 Å². The lowest BCUT2D eigenvalue weighted by molar-refractivity contribution is 0.122. The molecule has 4 rings (SSSR count). The monoisotopic (exact) mass is 340 g/mol. The summed E-state index contributed by atoms with van der Waals surface area (Å²) in [4.78, 5) is 33.0. The Hall–Kier alpha value is -3.13. The van der Waals surface area contributed by atoms with E-state index in [0.29, 0.717) is 21.9 Å². The first-order valence-electron chi connectivity index (χ1n) is 7.84. The molecule has 0 saturated carbocycles. The molecule has 0 aliphatic carbocycles. The second kappa shape index (κ2) is 5.45. The van der Waals surface area contributed by atoms with Gasteiger partial charge in [0.25, 0.3) is 0 Å². The van der Waals surface area contributed by atoms with Gasteiger partial charge in [0.15, 0.2) is 0 Å². The van der Waals surface area contributed by atoms with Gasteiger partial charge in [-0.1, -0.05) is 19.9 Å². The summed E-state index contributed by atoms with van der Waals surface area (Å²) in [6.07, 6.45) is -1.31. The van der Waals surface area contributed by atoms with Crippen LogP contribution >= 0.6 is 0 Å². The number of pyridine rings is 1.